The normalized spacial score (nSPS) is 16.5. The molecule has 0 saturated carbocycles. The van der Waals surface area contributed by atoms with Gasteiger partial charge in [0.2, 0.25) is 5.88 Å². The highest BCUT2D eigenvalue weighted by atomic mass is 16.5. The average molecular weight is 335 g/mol. The molecule has 0 atom stereocenters. The van der Waals surface area contributed by atoms with Gasteiger partial charge in [0.1, 0.15) is 5.69 Å². The monoisotopic (exact) mass is 335 g/mol. The van der Waals surface area contributed by atoms with Crippen LogP contribution >= 0.6 is 0 Å². The third kappa shape index (κ3) is 5.98. The highest BCUT2D eigenvalue weighted by molar-refractivity contribution is 5.90. The lowest BCUT2D eigenvalue weighted by Crippen LogP contribution is -2.34. The van der Waals surface area contributed by atoms with Crippen LogP contribution in [0.15, 0.2) is 12.3 Å². The van der Waals surface area contributed by atoms with Gasteiger partial charge in [-0.1, -0.05) is 0 Å². The van der Waals surface area contributed by atoms with Crippen LogP contribution in [0.3, 0.4) is 0 Å². The Labute approximate surface area is 144 Å². The first-order chi connectivity index (χ1) is 11.6. The summed E-state index contributed by atoms with van der Waals surface area (Å²) in [6.07, 6.45) is 3.87. The SMILES string of the molecule is COc1ncc(C)cc1NC(=O)NCCCN1CCCN(C)CC1. The molecule has 1 saturated heterocycles. The van der Waals surface area contributed by atoms with Crippen molar-refractivity contribution in [2.45, 2.75) is 19.8 Å². The van der Waals surface area contributed by atoms with Gasteiger partial charge >= 0.3 is 6.03 Å². The number of pyridine rings is 1. The van der Waals surface area contributed by atoms with E-state index in [2.05, 4.69) is 32.5 Å². The van der Waals surface area contributed by atoms with Crippen molar-refractivity contribution in [3.63, 3.8) is 0 Å². The molecule has 1 fully saturated rings. The number of ether oxygens (including phenoxy) is 1. The molecule has 2 N–H and O–H groups in total. The first-order valence-corrected chi connectivity index (χ1v) is 8.55. The molecular weight excluding hydrogens is 306 g/mol. The Hall–Kier alpha value is -1.86. The van der Waals surface area contributed by atoms with E-state index in [9.17, 15) is 4.79 Å². The summed E-state index contributed by atoms with van der Waals surface area (Å²) >= 11 is 0. The fourth-order valence-electron chi connectivity index (χ4n) is 2.80. The Morgan fingerprint density at radius 2 is 2.17 bits per heavy atom. The maximum Gasteiger partial charge on any atom is 0.319 e. The molecule has 0 aliphatic carbocycles. The average Bonchev–Trinajstić information content (AvgIpc) is 2.76. The molecule has 1 aliphatic rings. The number of urea groups is 1. The number of nitrogens with one attached hydrogen (secondary N) is 2. The number of methoxy groups -OCH3 is 1. The van der Waals surface area contributed by atoms with Crippen molar-refractivity contribution >= 4 is 11.7 Å². The van der Waals surface area contributed by atoms with Crippen LogP contribution < -0.4 is 15.4 Å². The summed E-state index contributed by atoms with van der Waals surface area (Å²) in [5.74, 6) is 0.421. The van der Waals surface area contributed by atoms with Crippen LogP contribution in [0.5, 0.6) is 5.88 Å². The highest BCUT2D eigenvalue weighted by Gasteiger charge is 2.12. The summed E-state index contributed by atoms with van der Waals surface area (Å²) in [5.41, 5.74) is 1.56. The summed E-state index contributed by atoms with van der Waals surface area (Å²) in [6.45, 7) is 8.13. The van der Waals surface area contributed by atoms with Gasteiger partial charge in [-0.25, -0.2) is 9.78 Å². The van der Waals surface area contributed by atoms with E-state index in [0.29, 0.717) is 18.1 Å². The van der Waals surface area contributed by atoms with Gasteiger partial charge in [0, 0.05) is 25.8 Å². The van der Waals surface area contributed by atoms with Crippen molar-refractivity contribution in [3.8, 4) is 5.88 Å². The number of carbonyl (C=O) groups is 1. The minimum absolute atomic E-state index is 0.226. The molecule has 2 heterocycles. The summed E-state index contributed by atoms with van der Waals surface area (Å²) in [6, 6.07) is 1.62. The van der Waals surface area contributed by atoms with Crippen molar-refractivity contribution in [1.82, 2.24) is 20.1 Å². The van der Waals surface area contributed by atoms with Gasteiger partial charge in [-0.05, 0) is 58.1 Å². The van der Waals surface area contributed by atoms with Crippen LogP contribution in [-0.2, 0) is 0 Å². The minimum atomic E-state index is -0.226. The third-order valence-corrected chi connectivity index (χ3v) is 4.18. The van der Waals surface area contributed by atoms with Crippen LogP contribution in [-0.4, -0.2) is 74.2 Å². The van der Waals surface area contributed by atoms with Crippen molar-refractivity contribution in [3.05, 3.63) is 17.8 Å². The van der Waals surface area contributed by atoms with Gasteiger partial charge in [-0.2, -0.15) is 0 Å². The molecule has 0 unspecified atom stereocenters. The molecule has 2 amide bonds. The van der Waals surface area contributed by atoms with Crippen molar-refractivity contribution < 1.29 is 9.53 Å². The Bertz CT molecular complexity index is 538. The lowest BCUT2D eigenvalue weighted by atomic mass is 10.3. The topological polar surface area (TPSA) is 69.7 Å². The second-order valence-corrected chi connectivity index (χ2v) is 6.30. The molecule has 1 aromatic heterocycles. The number of likely N-dealkylation sites (N-methyl/N-ethyl adjacent to an activating group) is 1. The van der Waals surface area contributed by atoms with E-state index in [1.807, 2.05) is 13.0 Å². The van der Waals surface area contributed by atoms with Gasteiger partial charge in [-0.15, -0.1) is 0 Å². The summed E-state index contributed by atoms with van der Waals surface area (Å²) in [5, 5.41) is 5.69. The van der Waals surface area contributed by atoms with Crippen LogP contribution in [0.2, 0.25) is 0 Å². The molecule has 24 heavy (non-hydrogen) atoms. The van der Waals surface area contributed by atoms with E-state index in [4.69, 9.17) is 4.74 Å². The zero-order valence-corrected chi connectivity index (χ0v) is 15.0. The van der Waals surface area contributed by atoms with Gasteiger partial charge in [0.05, 0.1) is 7.11 Å². The van der Waals surface area contributed by atoms with Crippen LogP contribution in [0.1, 0.15) is 18.4 Å². The summed E-state index contributed by atoms with van der Waals surface area (Å²) in [4.78, 5) is 21.0. The number of carbonyl (C=O) groups excluding carboxylic acids is 1. The highest BCUT2D eigenvalue weighted by Crippen LogP contribution is 2.21. The molecule has 0 bridgehead atoms. The van der Waals surface area contributed by atoms with Gasteiger partial charge < -0.3 is 25.2 Å². The van der Waals surface area contributed by atoms with E-state index in [0.717, 1.165) is 38.2 Å². The molecule has 7 heteroatoms. The number of rotatable bonds is 6. The smallest absolute Gasteiger partial charge is 0.319 e. The number of amides is 2. The van der Waals surface area contributed by atoms with Crippen LogP contribution in [0.4, 0.5) is 10.5 Å². The second kappa shape index (κ2) is 9.44. The van der Waals surface area contributed by atoms with Gasteiger partial charge in [-0.3, -0.25) is 0 Å². The zero-order chi connectivity index (χ0) is 17.4. The number of hydrogen-bond donors (Lipinski definition) is 2. The third-order valence-electron chi connectivity index (χ3n) is 4.18. The first kappa shape index (κ1) is 18.5. The number of nitrogens with zero attached hydrogens (tertiary/aromatic N) is 3. The van der Waals surface area contributed by atoms with Crippen molar-refractivity contribution in [2.75, 3.05) is 58.7 Å². The molecule has 134 valence electrons. The van der Waals surface area contributed by atoms with E-state index < -0.39 is 0 Å². The standard InChI is InChI=1S/C17H29N5O2/c1-14-12-15(16(24-3)19-13-14)20-17(23)18-6-4-8-22-9-5-7-21(2)10-11-22/h12-13H,4-11H2,1-3H3,(H2,18,20,23). The predicted molar refractivity (Wildman–Crippen MR) is 95.7 cm³/mol. The van der Waals surface area contributed by atoms with Gasteiger partial charge in [0.25, 0.3) is 0 Å². The van der Waals surface area contributed by atoms with Crippen LogP contribution in [0, 0.1) is 6.92 Å². The first-order valence-electron chi connectivity index (χ1n) is 8.55. The molecule has 0 aromatic carbocycles. The molecule has 2 rings (SSSR count). The lowest BCUT2D eigenvalue weighted by molar-refractivity contribution is 0.248. The molecule has 0 spiro atoms. The maximum absolute atomic E-state index is 12.0. The summed E-state index contributed by atoms with van der Waals surface area (Å²) in [7, 11) is 3.71. The molecule has 0 radical (unpaired) electrons. The maximum atomic E-state index is 12.0. The largest absolute Gasteiger partial charge is 0.480 e. The van der Waals surface area contributed by atoms with Gasteiger partial charge in [0.15, 0.2) is 0 Å². The fraction of sp³-hybridized carbons (Fsp3) is 0.647. The molecule has 7 nitrogen and oxygen atoms in total. The van der Waals surface area contributed by atoms with E-state index in [1.165, 1.54) is 13.0 Å². The Kier molecular flexibility index (Phi) is 7.27. The molecule has 1 aromatic rings. The number of anilines is 1. The van der Waals surface area contributed by atoms with E-state index in [-0.39, 0.29) is 6.03 Å². The predicted octanol–water partition coefficient (Wildman–Crippen LogP) is 1.55. The molecular formula is C17H29N5O2. The fourth-order valence-corrected chi connectivity index (χ4v) is 2.80. The zero-order valence-electron chi connectivity index (χ0n) is 15.0. The Balaban J connectivity index is 1.69. The van der Waals surface area contributed by atoms with Crippen LogP contribution in [0.25, 0.3) is 0 Å². The minimum Gasteiger partial charge on any atom is -0.480 e. The second-order valence-electron chi connectivity index (χ2n) is 6.30. The lowest BCUT2D eigenvalue weighted by Gasteiger charge is -2.20. The number of aryl methyl sites for hydroxylation is 1. The summed E-state index contributed by atoms with van der Waals surface area (Å²) < 4.78 is 5.16. The van der Waals surface area contributed by atoms with Crippen molar-refractivity contribution in [1.29, 1.82) is 0 Å². The quantitative estimate of drug-likeness (QED) is 0.772. The van der Waals surface area contributed by atoms with E-state index in [1.54, 1.807) is 13.3 Å². The number of aromatic nitrogens is 1. The number of hydrogen-bond acceptors (Lipinski definition) is 5. The molecule has 1 aliphatic heterocycles. The Morgan fingerprint density at radius 1 is 1.33 bits per heavy atom. The van der Waals surface area contributed by atoms with E-state index >= 15 is 0 Å². The van der Waals surface area contributed by atoms with Crippen molar-refractivity contribution in [2.24, 2.45) is 0 Å². The Morgan fingerprint density at radius 3 is 2.96 bits per heavy atom.